The van der Waals surface area contributed by atoms with Crippen LogP contribution in [0.5, 0.6) is 5.75 Å². The second-order valence-electron chi connectivity index (χ2n) is 12.1. The summed E-state index contributed by atoms with van der Waals surface area (Å²) in [6, 6.07) is 7.68. The molecular weight excluding hydrogens is 582 g/mol. The summed E-state index contributed by atoms with van der Waals surface area (Å²) in [5.74, 6) is 0.109. The molecule has 0 bridgehead atoms. The van der Waals surface area contributed by atoms with E-state index in [4.69, 9.17) is 18.6 Å². The average Bonchev–Trinajstić information content (AvgIpc) is 3.70. The Morgan fingerprint density at radius 1 is 1.20 bits per heavy atom. The minimum Gasteiger partial charge on any atom is -0.496 e. The van der Waals surface area contributed by atoms with Gasteiger partial charge in [-0.15, -0.1) is 11.3 Å². The number of carbonyl (C=O) groups is 3. The number of fused-ring (bicyclic) bond motifs is 1. The van der Waals surface area contributed by atoms with E-state index in [1.807, 2.05) is 31.2 Å². The lowest BCUT2D eigenvalue weighted by Crippen LogP contribution is -2.56. The number of ether oxygens (including phenoxy) is 3. The highest BCUT2D eigenvalue weighted by molar-refractivity contribution is 7.20. The number of anilines is 1. The highest BCUT2D eigenvalue weighted by Gasteiger charge is 2.57. The van der Waals surface area contributed by atoms with Gasteiger partial charge in [-0.05, 0) is 50.7 Å². The fourth-order valence-electron chi connectivity index (χ4n) is 6.96. The summed E-state index contributed by atoms with van der Waals surface area (Å²) in [5, 5.41) is 0.563. The van der Waals surface area contributed by atoms with Crippen molar-refractivity contribution in [3.63, 3.8) is 0 Å². The standard InChI is InChI=1S/C33H39N3O7S/c1-20-26-28(37)33(13-7-8-21(18-33)30(38)35(2)3)32(39)36(31(26)44-27(20)29-34-14-17-42-29)19-25(43-22-11-15-41-16-12-22)23-9-5-6-10-24(23)40-4/h5-6,9-10,14,17,21-22,25H,7-8,11-13,15-16,18-19H2,1-4H3/t21-,25-,33-/m0/s1. The third kappa shape index (κ3) is 5.35. The van der Waals surface area contributed by atoms with Gasteiger partial charge in [0.1, 0.15) is 28.5 Å². The topological polar surface area (TPSA) is 111 Å². The smallest absolute Gasteiger partial charge is 0.241 e. The third-order valence-electron chi connectivity index (χ3n) is 9.22. The number of rotatable bonds is 8. The zero-order valence-corrected chi connectivity index (χ0v) is 26.5. The fraction of sp³-hybridized carbons (Fsp3) is 0.515. The van der Waals surface area contributed by atoms with Crippen LogP contribution >= 0.6 is 11.3 Å². The number of oxazole rings is 1. The molecule has 1 spiro atoms. The Morgan fingerprint density at radius 3 is 2.68 bits per heavy atom. The van der Waals surface area contributed by atoms with Crippen molar-refractivity contribution in [1.82, 2.24) is 9.88 Å². The molecule has 2 amide bonds. The molecule has 3 atom stereocenters. The molecule has 1 aromatic carbocycles. The molecule has 10 nitrogen and oxygen atoms in total. The number of para-hydroxylation sites is 1. The molecule has 11 heteroatoms. The van der Waals surface area contributed by atoms with Crippen LogP contribution in [0.3, 0.4) is 0 Å². The lowest BCUT2D eigenvalue weighted by atomic mass is 9.63. The zero-order valence-electron chi connectivity index (χ0n) is 25.7. The molecule has 3 aromatic rings. The number of carbonyl (C=O) groups excluding carboxylic acids is 3. The predicted octanol–water partition coefficient (Wildman–Crippen LogP) is 5.45. The monoisotopic (exact) mass is 621 g/mol. The van der Waals surface area contributed by atoms with Crippen molar-refractivity contribution >= 4 is 33.9 Å². The van der Waals surface area contributed by atoms with Gasteiger partial charge in [0.25, 0.3) is 0 Å². The maximum atomic E-state index is 14.9. The number of hydrogen-bond donors (Lipinski definition) is 0. The van der Waals surface area contributed by atoms with Gasteiger partial charge in [0.15, 0.2) is 5.78 Å². The Bertz CT molecular complexity index is 1530. The minimum absolute atomic E-state index is 0.0562. The van der Waals surface area contributed by atoms with E-state index in [1.54, 1.807) is 37.2 Å². The third-order valence-corrected chi connectivity index (χ3v) is 10.5. The second kappa shape index (κ2) is 12.5. The van der Waals surface area contributed by atoms with E-state index >= 15 is 0 Å². The lowest BCUT2D eigenvalue weighted by molar-refractivity contribution is -0.138. The molecule has 234 valence electrons. The quantitative estimate of drug-likeness (QED) is 0.305. The van der Waals surface area contributed by atoms with Gasteiger partial charge in [0.05, 0.1) is 36.4 Å². The molecule has 2 aliphatic heterocycles. The van der Waals surface area contributed by atoms with Crippen LogP contribution in [0.4, 0.5) is 5.00 Å². The number of Topliss-reactive ketones (excluding diaryl/α,β-unsaturated/α-hetero) is 1. The highest BCUT2D eigenvalue weighted by atomic mass is 32.1. The van der Waals surface area contributed by atoms with E-state index in [2.05, 4.69) is 4.98 Å². The van der Waals surface area contributed by atoms with Crippen LogP contribution in [-0.4, -0.2) is 74.5 Å². The van der Waals surface area contributed by atoms with Gasteiger partial charge in [-0.3, -0.25) is 19.3 Å². The maximum absolute atomic E-state index is 14.9. The SMILES string of the molecule is COc1ccccc1[C@H](CN1C(=O)[C@]2(CCC[C@H](C(=O)N(C)C)C2)C(=O)c2c1sc(-c1ncco1)c2C)OC1CCOCC1. The summed E-state index contributed by atoms with van der Waals surface area (Å²) in [7, 11) is 5.06. The highest BCUT2D eigenvalue weighted by Crippen LogP contribution is 2.54. The van der Waals surface area contributed by atoms with Gasteiger partial charge < -0.3 is 23.5 Å². The van der Waals surface area contributed by atoms with E-state index in [0.29, 0.717) is 59.6 Å². The van der Waals surface area contributed by atoms with E-state index in [0.717, 1.165) is 24.0 Å². The Hall–Kier alpha value is -3.54. The first-order chi connectivity index (χ1) is 21.2. The molecule has 2 fully saturated rings. The van der Waals surface area contributed by atoms with Gasteiger partial charge >= 0.3 is 0 Å². The Morgan fingerprint density at radius 2 is 1.98 bits per heavy atom. The Labute approximate surface area is 261 Å². The molecule has 3 aliphatic rings. The average molecular weight is 622 g/mol. The molecule has 0 radical (unpaired) electrons. The number of methoxy groups -OCH3 is 1. The molecule has 6 rings (SSSR count). The molecule has 1 saturated heterocycles. The fourth-order valence-corrected chi connectivity index (χ4v) is 8.21. The molecule has 2 aromatic heterocycles. The number of amides is 2. The zero-order chi connectivity index (χ0) is 31.0. The van der Waals surface area contributed by atoms with Crippen LogP contribution in [0.15, 0.2) is 41.1 Å². The summed E-state index contributed by atoms with van der Waals surface area (Å²) in [5.41, 5.74) is 0.720. The van der Waals surface area contributed by atoms with E-state index in [9.17, 15) is 14.4 Å². The number of aromatic nitrogens is 1. The van der Waals surface area contributed by atoms with Gasteiger partial charge in [0, 0.05) is 38.8 Å². The minimum atomic E-state index is -1.34. The molecule has 1 saturated carbocycles. The van der Waals surface area contributed by atoms with Crippen LogP contribution in [0.25, 0.3) is 10.8 Å². The van der Waals surface area contributed by atoms with Crippen LogP contribution in [-0.2, 0) is 19.1 Å². The van der Waals surface area contributed by atoms with Crippen molar-refractivity contribution in [3.8, 4) is 16.5 Å². The summed E-state index contributed by atoms with van der Waals surface area (Å²) >= 11 is 1.33. The van der Waals surface area contributed by atoms with Crippen molar-refractivity contribution in [2.75, 3.05) is 45.9 Å². The first-order valence-electron chi connectivity index (χ1n) is 15.2. The number of benzene rings is 1. The van der Waals surface area contributed by atoms with Crippen molar-refractivity contribution < 1.29 is 33.0 Å². The molecule has 0 N–H and O–H groups in total. The second-order valence-corrected chi connectivity index (χ2v) is 13.1. The normalized spacial score (nSPS) is 23.1. The molecule has 4 heterocycles. The summed E-state index contributed by atoms with van der Waals surface area (Å²) in [6.07, 6.45) is 5.79. The van der Waals surface area contributed by atoms with Crippen LogP contribution in [0.1, 0.15) is 66.1 Å². The lowest BCUT2D eigenvalue weighted by Gasteiger charge is -2.45. The number of thiophene rings is 1. The van der Waals surface area contributed by atoms with Crippen LogP contribution < -0.4 is 9.64 Å². The molecule has 44 heavy (non-hydrogen) atoms. The maximum Gasteiger partial charge on any atom is 0.241 e. The summed E-state index contributed by atoms with van der Waals surface area (Å²) in [6.45, 7) is 3.28. The van der Waals surface area contributed by atoms with E-state index in [1.165, 1.54) is 17.6 Å². The Kier molecular flexibility index (Phi) is 8.63. The number of hydrogen-bond acceptors (Lipinski definition) is 9. The summed E-state index contributed by atoms with van der Waals surface area (Å²) < 4.78 is 23.7. The number of nitrogens with zero attached hydrogens (tertiary/aromatic N) is 3. The molecule has 0 unspecified atom stereocenters. The van der Waals surface area contributed by atoms with Gasteiger partial charge in [-0.1, -0.05) is 24.6 Å². The van der Waals surface area contributed by atoms with Crippen molar-refractivity contribution in [2.45, 2.75) is 57.7 Å². The van der Waals surface area contributed by atoms with Crippen molar-refractivity contribution in [3.05, 3.63) is 53.4 Å². The van der Waals surface area contributed by atoms with E-state index in [-0.39, 0.29) is 36.7 Å². The van der Waals surface area contributed by atoms with Gasteiger partial charge in [-0.25, -0.2) is 4.98 Å². The molecular formula is C33H39N3O7S. The van der Waals surface area contributed by atoms with Crippen LogP contribution in [0, 0.1) is 18.3 Å². The van der Waals surface area contributed by atoms with Gasteiger partial charge in [0.2, 0.25) is 17.7 Å². The first-order valence-corrected chi connectivity index (χ1v) is 16.0. The first kappa shape index (κ1) is 30.5. The predicted molar refractivity (Wildman–Crippen MR) is 165 cm³/mol. The summed E-state index contributed by atoms with van der Waals surface area (Å²) in [4.78, 5) is 51.0. The van der Waals surface area contributed by atoms with Gasteiger partial charge in [-0.2, -0.15) is 0 Å². The number of ketones is 1. The largest absolute Gasteiger partial charge is 0.496 e. The van der Waals surface area contributed by atoms with Crippen molar-refractivity contribution in [2.24, 2.45) is 11.3 Å². The van der Waals surface area contributed by atoms with Crippen LogP contribution in [0.2, 0.25) is 0 Å². The molecule has 1 aliphatic carbocycles. The Balaban J connectivity index is 1.47. The van der Waals surface area contributed by atoms with E-state index < -0.39 is 17.4 Å². The van der Waals surface area contributed by atoms with Crippen molar-refractivity contribution in [1.29, 1.82) is 0 Å².